The average molecular weight is 315 g/mol. The Bertz CT molecular complexity index is 549. The Morgan fingerprint density at radius 1 is 1.52 bits per heavy atom. The number of ether oxygens (including phenoxy) is 1. The fourth-order valence-corrected chi connectivity index (χ4v) is 2.37. The summed E-state index contributed by atoms with van der Waals surface area (Å²) >= 11 is 0. The molecule has 0 aromatic carbocycles. The largest absolute Gasteiger partial charge is 0.375 e. The van der Waals surface area contributed by atoms with E-state index in [9.17, 15) is 0 Å². The molecule has 0 radical (unpaired) electrons. The number of nitrogens with one attached hydrogen (secondary N) is 2. The van der Waals surface area contributed by atoms with Gasteiger partial charge in [-0.2, -0.15) is 0 Å². The number of hydrogen-bond donors (Lipinski definition) is 2. The zero-order valence-corrected chi connectivity index (χ0v) is 13.9. The molecule has 2 rings (SSSR count). The van der Waals surface area contributed by atoms with Crippen LogP contribution in [-0.2, 0) is 11.3 Å². The molecule has 1 aliphatic rings. The molecule has 0 saturated carbocycles. The second-order valence-corrected chi connectivity index (χ2v) is 5.40. The zero-order valence-electron chi connectivity index (χ0n) is 13.9. The number of terminal acetylenes is 1. The molecule has 2 heterocycles. The number of pyridine rings is 1. The minimum absolute atomic E-state index is 0.250. The highest BCUT2D eigenvalue weighted by Crippen LogP contribution is 2.15. The number of hydrogen-bond acceptors (Lipinski definition) is 4. The fourth-order valence-electron chi connectivity index (χ4n) is 2.37. The summed E-state index contributed by atoms with van der Waals surface area (Å²) in [4.78, 5) is 11.3. The summed E-state index contributed by atoms with van der Waals surface area (Å²) in [6.07, 6.45) is 7.39. The van der Waals surface area contributed by atoms with E-state index < -0.39 is 0 Å². The summed E-state index contributed by atoms with van der Waals surface area (Å²) in [6, 6.07) is 4.11. The van der Waals surface area contributed by atoms with Crippen LogP contribution in [-0.4, -0.2) is 49.8 Å². The third-order valence-corrected chi connectivity index (χ3v) is 3.50. The van der Waals surface area contributed by atoms with Gasteiger partial charge in [0.25, 0.3) is 0 Å². The monoisotopic (exact) mass is 315 g/mol. The van der Waals surface area contributed by atoms with Gasteiger partial charge in [-0.3, -0.25) is 0 Å². The Balaban J connectivity index is 1.94. The van der Waals surface area contributed by atoms with E-state index in [-0.39, 0.29) is 6.10 Å². The van der Waals surface area contributed by atoms with Gasteiger partial charge in [0.15, 0.2) is 5.96 Å². The van der Waals surface area contributed by atoms with Crippen molar-refractivity contribution in [1.29, 1.82) is 0 Å². The average Bonchev–Trinajstić information content (AvgIpc) is 2.58. The molecule has 1 aromatic rings. The van der Waals surface area contributed by atoms with Gasteiger partial charge in [0, 0.05) is 25.8 Å². The minimum Gasteiger partial charge on any atom is -0.375 e. The predicted molar refractivity (Wildman–Crippen MR) is 93.5 cm³/mol. The van der Waals surface area contributed by atoms with Crippen LogP contribution in [0.1, 0.15) is 19.4 Å². The third-order valence-electron chi connectivity index (χ3n) is 3.50. The van der Waals surface area contributed by atoms with Gasteiger partial charge in [0.1, 0.15) is 5.82 Å². The van der Waals surface area contributed by atoms with Gasteiger partial charge in [-0.25, -0.2) is 9.98 Å². The maximum atomic E-state index is 5.56. The molecular formula is C17H25N5O. The Morgan fingerprint density at radius 2 is 2.39 bits per heavy atom. The van der Waals surface area contributed by atoms with Crippen LogP contribution in [0.2, 0.25) is 0 Å². The first-order valence-corrected chi connectivity index (χ1v) is 8.00. The van der Waals surface area contributed by atoms with E-state index in [0.29, 0.717) is 13.1 Å². The van der Waals surface area contributed by atoms with Crippen molar-refractivity contribution in [2.24, 2.45) is 4.99 Å². The van der Waals surface area contributed by atoms with Gasteiger partial charge < -0.3 is 20.3 Å². The Morgan fingerprint density at radius 3 is 3.04 bits per heavy atom. The lowest BCUT2D eigenvalue weighted by atomic mass is 10.2. The molecule has 0 spiro atoms. The van der Waals surface area contributed by atoms with Gasteiger partial charge in [0.2, 0.25) is 0 Å². The molecule has 0 bridgehead atoms. The third kappa shape index (κ3) is 5.46. The molecule has 124 valence electrons. The highest BCUT2D eigenvalue weighted by atomic mass is 16.5. The number of rotatable bonds is 5. The van der Waals surface area contributed by atoms with E-state index >= 15 is 0 Å². The van der Waals surface area contributed by atoms with Crippen molar-refractivity contribution >= 4 is 11.8 Å². The number of guanidine groups is 1. The summed E-state index contributed by atoms with van der Waals surface area (Å²) in [5, 5.41) is 6.23. The molecule has 6 heteroatoms. The number of nitrogens with zero attached hydrogens (tertiary/aromatic N) is 3. The second-order valence-electron chi connectivity index (χ2n) is 5.40. The molecule has 6 nitrogen and oxygen atoms in total. The molecule has 1 saturated heterocycles. The smallest absolute Gasteiger partial charge is 0.192 e. The number of morpholine rings is 1. The molecule has 1 aromatic heterocycles. The highest BCUT2D eigenvalue weighted by Gasteiger charge is 2.17. The lowest BCUT2D eigenvalue weighted by Crippen LogP contribution is -2.41. The fraction of sp³-hybridized carbons (Fsp3) is 0.529. The van der Waals surface area contributed by atoms with Gasteiger partial charge >= 0.3 is 0 Å². The Labute approximate surface area is 138 Å². The van der Waals surface area contributed by atoms with E-state index in [0.717, 1.165) is 43.6 Å². The van der Waals surface area contributed by atoms with E-state index in [1.807, 2.05) is 19.2 Å². The van der Waals surface area contributed by atoms with Crippen LogP contribution < -0.4 is 15.5 Å². The number of aromatic nitrogens is 1. The van der Waals surface area contributed by atoms with Gasteiger partial charge in [-0.1, -0.05) is 12.0 Å². The van der Waals surface area contributed by atoms with Crippen LogP contribution >= 0.6 is 0 Å². The summed E-state index contributed by atoms with van der Waals surface area (Å²) < 4.78 is 5.56. The molecular weight excluding hydrogens is 290 g/mol. The standard InChI is InChI=1S/C17H25N5O/c1-4-8-19-17(18-5-2)21-12-15-6-7-16(20-11-15)22-9-10-23-14(3)13-22/h1,6-7,11,14H,5,8-10,12-13H2,2-3H3,(H2,18,19,21). The first kappa shape index (κ1) is 17.1. The molecule has 2 N–H and O–H groups in total. The van der Waals surface area contributed by atoms with Crippen LogP contribution in [0.5, 0.6) is 0 Å². The zero-order chi connectivity index (χ0) is 16.5. The first-order chi connectivity index (χ1) is 11.2. The summed E-state index contributed by atoms with van der Waals surface area (Å²) in [5.41, 5.74) is 1.06. The van der Waals surface area contributed by atoms with Gasteiger partial charge in [-0.05, 0) is 25.5 Å². The molecule has 0 amide bonds. The summed E-state index contributed by atoms with van der Waals surface area (Å²) in [7, 11) is 0. The van der Waals surface area contributed by atoms with Crippen molar-refractivity contribution in [2.75, 3.05) is 37.7 Å². The lowest BCUT2D eigenvalue weighted by Gasteiger charge is -2.32. The maximum Gasteiger partial charge on any atom is 0.192 e. The summed E-state index contributed by atoms with van der Waals surface area (Å²) in [5.74, 6) is 4.25. The number of aliphatic imine (C=N–C) groups is 1. The minimum atomic E-state index is 0.250. The predicted octanol–water partition coefficient (Wildman–Crippen LogP) is 0.995. The molecule has 1 atom stereocenters. The van der Waals surface area contributed by atoms with Crippen LogP contribution in [0.4, 0.5) is 5.82 Å². The van der Waals surface area contributed by atoms with E-state index in [4.69, 9.17) is 11.2 Å². The molecule has 23 heavy (non-hydrogen) atoms. The second kappa shape index (κ2) is 9.01. The summed E-state index contributed by atoms with van der Waals surface area (Å²) in [6.45, 7) is 8.43. The first-order valence-electron chi connectivity index (χ1n) is 8.00. The highest BCUT2D eigenvalue weighted by molar-refractivity contribution is 5.79. The van der Waals surface area contributed by atoms with E-state index in [2.05, 4.69) is 44.4 Å². The molecule has 1 unspecified atom stereocenters. The van der Waals surface area contributed by atoms with Gasteiger partial charge in [0.05, 0.1) is 25.8 Å². The maximum absolute atomic E-state index is 5.56. The molecule has 0 aliphatic carbocycles. The van der Waals surface area contributed by atoms with Crippen molar-refractivity contribution in [2.45, 2.75) is 26.5 Å². The molecule has 1 aliphatic heterocycles. The quantitative estimate of drug-likeness (QED) is 0.482. The normalized spacial score (nSPS) is 18.4. The van der Waals surface area contributed by atoms with Crippen molar-refractivity contribution in [3.05, 3.63) is 23.9 Å². The van der Waals surface area contributed by atoms with Crippen LogP contribution in [0.3, 0.4) is 0 Å². The molecule has 1 fully saturated rings. The SMILES string of the molecule is C#CCNC(=NCc1ccc(N2CCOC(C)C2)nc1)NCC. The van der Waals surface area contributed by atoms with Crippen molar-refractivity contribution < 1.29 is 4.74 Å². The lowest BCUT2D eigenvalue weighted by molar-refractivity contribution is 0.0529. The van der Waals surface area contributed by atoms with Crippen molar-refractivity contribution in [1.82, 2.24) is 15.6 Å². The topological polar surface area (TPSA) is 61.8 Å². The van der Waals surface area contributed by atoms with Crippen molar-refractivity contribution in [3.63, 3.8) is 0 Å². The van der Waals surface area contributed by atoms with Crippen LogP contribution in [0, 0.1) is 12.3 Å². The Hall–Kier alpha value is -2.26. The number of anilines is 1. The van der Waals surface area contributed by atoms with Crippen LogP contribution in [0.25, 0.3) is 0 Å². The van der Waals surface area contributed by atoms with Crippen LogP contribution in [0.15, 0.2) is 23.3 Å². The van der Waals surface area contributed by atoms with Crippen molar-refractivity contribution in [3.8, 4) is 12.3 Å². The van der Waals surface area contributed by atoms with Gasteiger partial charge in [-0.15, -0.1) is 6.42 Å². The Kier molecular flexibility index (Phi) is 6.70. The van der Waals surface area contributed by atoms with E-state index in [1.54, 1.807) is 0 Å². The van der Waals surface area contributed by atoms with E-state index in [1.165, 1.54) is 0 Å².